The van der Waals surface area contributed by atoms with Gasteiger partial charge in [-0.25, -0.2) is 0 Å². The van der Waals surface area contributed by atoms with Crippen LogP contribution in [0.25, 0.3) is 0 Å². The van der Waals surface area contributed by atoms with Crippen molar-refractivity contribution >= 4 is 5.91 Å². The molecule has 0 radical (unpaired) electrons. The van der Waals surface area contributed by atoms with Crippen molar-refractivity contribution in [1.82, 2.24) is 9.80 Å². The van der Waals surface area contributed by atoms with Gasteiger partial charge in [0.05, 0.1) is 14.2 Å². The maximum atomic E-state index is 12.9. The van der Waals surface area contributed by atoms with Crippen LogP contribution in [0.3, 0.4) is 0 Å². The zero-order chi connectivity index (χ0) is 20.3. The number of nitrogens with zero attached hydrogens (tertiary/aromatic N) is 2. The summed E-state index contributed by atoms with van der Waals surface area (Å²) in [7, 11) is 3.18. The number of carbonyl (C=O) groups excluding carboxylic acids is 1. The lowest BCUT2D eigenvalue weighted by atomic mass is 9.99. The Morgan fingerprint density at radius 2 is 1.50 bits per heavy atom. The molecule has 0 aliphatic carbocycles. The number of benzene rings is 2. The largest absolute Gasteiger partial charge is 0.493 e. The van der Waals surface area contributed by atoms with Crippen LogP contribution >= 0.6 is 0 Å². The third-order valence-corrected chi connectivity index (χ3v) is 5.51. The van der Waals surface area contributed by atoms with E-state index >= 15 is 0 Å². The van der Waals surface area contributed by atoms with E-state index in [0.29, 0.717) is 17.1 Å². The molecule has 1 heterocycles. The Hall–Kier alpha value is -2.53. The topological polar surface area (TPSA) is 42.0 Å². The van der Waals surface area contributed by atoms with Crippen LogP contribution < -0.4 is 9.47 Å². The minimum atomic E-state index is 0.0447. The Morgan fingerprint density at radius 1 is 0.893 bits per heavy atom. The van der Waals surface area contributed by atoms with Gasteiger partial charge in [0, 0.05) is 38.3 Å². The number of aryl methyl sites for hydroxylation is 3. The molecule has 0 aromatic heterocycles. The molecular weight excluding hydrogens is 352 g/mol. The SMILES string of the molecule is COc1ccc(C(=O)N2CCN(Cc3c(C)cc(C)cc3C)CC2)cc1OC. The maximum absolute atomic E-state index is 12.9. The van der Waals surface area contributed by atoms with Crippen molar-refractivity contribution in [3.63, 3.8) is 0 Å². The van der Waals surface area contributed by atoms with Crippen molar-refractivity contribution in [2.75, 3.05) is 40.4 Å². The van der Waals surface area contributed by atoms with Gasteiger partial charge >= 0.3 is 0 Å². The summed E-state index contributed by atoms with van der Waals surface area (Å²) in [5, 5.41) is 0. The quantitative estimate of drug-likeness (QED) is 0.793. The second-order valence-corrected chi connectivity index (χ2v) is 7.52. The third kappa shape index (κ3) is 4.30. The molecule has 2 aromatic carbocycles. The van der Waals surface area contributed by atoms with Crippen molar-refractivity contribution in [3.05, 3.63) is 58.1 Å². The Morgan fingerprint density at radius 3 is 2.07 bits per heavy atom. The average Bonchev–Trinajstić information content (AvgIpc) is 2.70. The van der Waals surface area contributed by atoms with Crippen LogP contribution in [-0.2, 0) is 6.54 Å². The first-order valence-electron chi connectivity index (χ1n) is 9.73. The molecule has 1 aliphatic rings. The maximum Gasteiger partial charge on any atom is 0.254 e. The van der Waals surface area contributed by atoms with E-state index in [1.54, 1.807) is 32.4 Å². The van der Waals surface area contributed by atoms with Gasteiger partial charge < -0.3 is 14.4 Å². The highest BCUT2D eigenvalue weighted by Crippen LogP contribution is 2.28. The monoisotopic (exact) mass is 382 g/mol. The summed E-state index contributed by atoms with van der Waals surface area (Å²) >= 11 is 0. The molecule has 1 saturated heterocycles. The van der Waals surface area contributed by atoms with Crippen molar-refractivity contribution in [2.45, 2.75) is 27.3 Å². The van der Waals surface area contributed by atoms with Crippen LogP contribution in [0.4, 0.5) is 0 Å². The van der Waals surface area contributed by atoms with Gasteiger partial charge in [-0.3, -0.25) is 9.69 Å². The van der Waals surface area contributed by atoms with Gasteiger partial charge in [0.25, 0.3) is 5.91 Å². The number of hydrogen-bond acceptors (Lipinski definition) is 4. The summed E-state index contributed by atoms with van der Waals surface area (Å²) in [6.45, 7) is 10.7. The lowest BCUT2D eigenvalue weighted by molar-refractivity contribution is 0.0627. The fraction of sp³-hybridized carbons (Fsp3) is 0.435. The van der Waals surface area contributed by atoms with Crippen molar-refractivity contribution in [2.24, 2.45) is 0 Å². The summed E-state index contributed by atoms with van der Waals surface area (Å²) in [6.07, 6.45) is 0. The summed E-state index contributed by atoms with van der Waals surface area (Å²) in [6, 6.07) is 9.84. The first-order valence-corrected chi connectivity index (χ1v) is 9.73. The minimum absolute atomic E-state index is 0.0447. The molecule has 0 bridgehead atoms. The average molecular weight is 383 g/mol. The van der Waals surface area contributed by atoms with Crippen LogP contribution in [0.15, 0.2) is 30.3 Å². The lowest BCUT2D eigenvalue weighted by Gasteiger charge is -2.35. The molecule has 0 saturated carbocycles. The van der Waals surface area contributed by atoms with Crippen LogP contribution in [-0.4, -0.2) is 56.1 Å². The highest BCUT2D eigenvalue weighted by molar-refractivity contribution is 5.95. The van der Waals surface area contributed by atoms with Gasteiger partial charge in [-0.1, -0.05) is 17.7 Å². The first kappa shape index (κ1) is 20.2. The second kappa shape index (κ2) is 8.65. The predicted molar refractivity (Wildman–Crippen MR) is 111 cm³/mol. The highest BCUT2D eigenvalue weighted by atomic mass is 16.5. The number of methoxy groups -OCH3 is 2. The van der Waals surface area contributed by atoms with E-state index < -0.39 is 0 Å². The lowest BCUT2D eigenvalue weighted by Crippen LogP contribution is -2.48. The fourth-order valence-electron chi connectivity index (χ4n) is 3.94. The third-order valence-electron chi connectivity index (χ3n) is 5.51. The number of piperazine rings is 1. The van der Waals surface area contributed by atoms with Crippen molar-refractivity contribution < 1.29 is 14.3 Å². The Bertz CT molecular complexity index is 832. The van der Waals surface area contributed by atoms with Crippen molar-refractivity contribution in [1.29, 1.82) is 0 Å². The molecule has 0 spiro atoms. The number of rotatable bonds is 5. The first-order chi connectivity index (χ1) is 13.4. The highest BCUT2D eigenvalue weighted by Gasteiger charge is 2.23. The number of ether oxygens (including phenoxy) is 2. The molecule has 28 heavy (non-hydrogen) atoms. The Kier molecular flexibility index (Phi) is 6.25. The van der Waals surface area contributed by atoms with E-state index in [1.807, 2.05) is 4.90 Å². The standard InChI is InChI=1S/C23H30N2O3/c1-16-12-17(2)20(18(3)13-16)15-24-8-10-25(11-9-24)23(26)19-6-7-21(27-4)22(14-19)28-5/h6-7,12-14H,8-11,15H2,1-5H3. The van der Waals surface area contributed by atoms with Crippen LogP contribution in [0.1, 0.15) is 32.6 Å². The Labute approximate surface area is 167 Å². The van der Waals surface area contributed by atoms with E-state index in [0.717, 1.165) is 32.7 Å². The fourth-order valence-corrected chi connectivity index (χ4v) is 3.94. The van der Waals surface area contributed by atoms with Gasteiger partial charge in [-0.2, -0.15) is 0 Å². The summed E-state index contributed by atoms with van der Waals surface area (Å²) < 4.78 is 10.6. The normalized spacial score (nSPS) is 14.8. The molecule has 0 atom stereocenters. The van der Waals surface area contributed by atoms with Crippen LogP contribution in [0, 0.1) is 20.8 Å². The zero-order valence-corrected chi connectivity index (χ0v) is 17.5. The molecule has 1 fully saturated rings. The molecule has 3 rings (SSSR count). The molecule has 2 aromatic rings. The van der Waals surface area contributed by atoms with E-state index in [2.05, 4.69) is 37.8 Å². The Balaban J connectivity index is 1.63. The predicted octanol–water partition coefficient (Wildman–Crippen LogP) is 3.59. The number of hydrogen-bond donors (Lipinski definition) is 0. The summed E-state index contributed by atoms with van der Waals surface area (Å²) in [5.74, 6) is 1.26. The number of amides is 1. The molecular formula is C23H30N2O3. The van der Waals surface area contributed by atoms with E-state index in [-0.39, 0.29) is 5.91 Å². The molecule has 0 N–H and O–H groups in total. The molecule has 5 nitrogen and oxygen atoms in total. The molecule has 5 heteroatoms. The van der Waals surface area contributed by atoms with Crippen LogP contribution in [0.5, 0.6) is 11.5 Å². The van der Waals surface area contributed by atoms with Crippen molar-refractivity contribution in [3.8, 4) is 11.5 Å². The molecule has 150 valence electrons. The van der Waals surface area contributed by atoms with Gasteiger partial charge in [-0.05, 0) is 55.7 Å². The summed E-state index contributed by atoms with van der Waals surface area (Å²) in [5.41, 5.74) is 6.05. The molecule has 0 unspecified atom stereocenters. The van der Waals surface area contributed by atoms with Gasteiger partial charge in [0.2, 0.25) is 0 Å². The molecule has 1 amide bonds. The summed E-state index contributed by atoms with van der Waals surface area (Å²) in [4.78, 5) is 17.2. The minimum Gasteiger partial charge on any atom is -0.493 e. The number of carbonyl (C=O) groups is 1. The van der Waals surface area contributed by atoms with E-state index in [9.17, 15) is 4.79 Å². The van der Waals surface area contributed by atoms with Gasteiger partial charge in [0.15, 0.2) is 11.5 Å². The molecule has 1 aliphatic heterocycles. The smallest absolute Gasteiger partial charge is 0.254 e. The van der Waals surface area contributed by atoms with Gasteiger partial charge in [0.1, 0.15) is 0 Å². The van der Waals surface area contributed by atoms with E-state index in [4.69, 9.17) is 9.47 Å². The van der Waals surface area contributed by atoms with Crippen LogP contribution in [0.2, 0.25) is 0 Å². The van der Waals surface area contributed by atoms with Gasteiger partial charge in [-0.15, -0.1) is 0 Å². The second-order valence-electron chi connectivity index (χ2n) is 7.52. The zero-order valence-electron chi connectivity index (χ0n) is 17.5. The van der Waals surface area contributed by atoms with E-state index in [1.165, 1.54) is 22.3 Å².